The van der Waals surface area contributed by atoms with Crippen LogP contribution in [0.1, 0.15) is 26.7 Å². The number of nitrogens with one attached hydrogen (secondary N) is 1. The van der Waals surface area contributed by atoms with Crippen LogP contribution >= 0.6 is 11.8 Å². The molecule has 4 heteroatoms. The van der Waals surface area contributed by atoms with Crippen LogP contribution in [0.3, 0.4) is 0 Å². The van der Waals surface area contributed by atoms with E-state index in [0.29, 0.717) is 5.25 Å². The highest BCUT2D eigenvalue weighted by Crippen LogP contribution is 2.25. The molecule has 1 unspecified atom stereocenters. The predicted octanol–water partition coefficient (Wildman–Crippen LogP) is 1.64. The van der Waals surface area contributed by atoms with E-state index in [1.807, 2.05) is 11.8 Å². The van der Waals surface area contributed by atoms with Crippen LogP contribution in [0.15, 0.2) is 4.99 Å². The van der Waals surface area contributed by atoms with E-state index in [1.165, 1.54) is 0 Å². The zero-order valence-corrected chi connectivity index (χ0v) is 9.69. The molecule has 0 saturated carbocycles. The van der Waals surface area contributed by atoms with Crippen molar-refractivity contribution in [3.05, 3.63) is 0 Å². The quantitative estimate of drug-likeness (QED) is 0.720. The van der Waals surface area contributed by atoms with Crippen LogP contribution in [0.25, 0.3) is 0 Å². The summed E-state index contributed by atoms with van der Waals surface area (Å²) in [6.45, 7) is 7.18. The van der Waals surface area contributed by atoms with E-state index in [0.717, 1.165) is 37.8 Å². The maximum Gasteiger partial charge on any atom is 0.157 e. The lowest BCUT2D eigenvalue weighted by Gasteiger charge is -2.35. The third-order valence-corrected chi connectivity index (χ3v) is 3.82. The summed E-state index contributed by atoms with van der Waals surface area (Å²) in [7, 11) is 0. The minimum atomic E-state index is 0.203. The molecule has 0 radical (unpaired) electrons. The Labute approximate surface area is 89.7 Å². The molecule has 3 nitrogen and oxygen atoms in total. The molecule has 0 spiro atoms. The van der Waals surface area contributed by atoms with E-state index in [2.05, 4.69) is 24.2 Å². The summed E-state index contributed by atoms with van der Waals surface area (Å²) in [6.07, 6.45) is 2.17. The number of nitrogens with zero attached hydrogens (tertiary/aromatic N) is 1. The lowest BCUT2D eigenvalue weighted by molar-refractivity contribution is 0.0528. The number of aliphatic imine (C=N–C) groups is 1. The van der Waals surface area contributed by atoms with Crippen LogP contribution in [-0.4, -0.2) is 35.7 Å². The number of rotatable bonds is 1. The third-order valence-electron chi connectivity index (χ3n) is 2.81. The van der Waals surface area contributed by atoms with Crippen molar-refractivity contribution in [2.45, 2.75) is 37.5 Å². The Morgan fingerprint density at radius 3 is 2.79 bits per heavy atom. The molecule has 1 saturated heterocycles. The highest BCUT2D eigenvalue weighted by atomic mass is 32.2. The average Bonchev–Trinajstić information content (AvgIpc) is 2.51. The summed E-state index contributed by atoms with van der Waals surface area (Å²) in [5.74, 6) is 0. The first-order chi connectivity index (χ1) is 6.68. The molecule has 1 N–H and O–H groups in total. The SMILES string of the molecule is CC1CN=C(NC2(C)CCOCC2)S1. The Bertz CT molecular complexity index is 236. The summed E-state index contributed by atoms with van der Waals surface area (Å²) < 4.78 is 5.36. The molecule has 2 rings (SSSR count). The number of hydrogen-bond acceptors (Lipinski definition) is 4. The highest BCUT2D eigenvalue weighted by molar-refractivity contribution is 8.14. The molecule has 1 atom stereocenters. The van der Waals surface area contributed by atoms with Gasteiger partial charge in [0, 0.05) is 24.0 Å². The third kappa shape index (κ3) is 2.42. The number of thioether (sulfide) groups is 1. The topological polar surface area (TPSA) is 33.6 Å². The second-order valence-corrected chi connectivity index (χ2v) is 5.80. The molecular formula is C10H18N2OS. The second-order valence-electron chi connectivity index (χ2n) is 4.37. The standard InChI is InChI=1S/C10H18N2OS/c1-8-7-11-9(14-8)12-10(2)3-5-13-6-4-10/h8H,3-7H2,1-2H3,(H,11,12). The van der Waals surface area contributed by atoms with Gasteiger partial charge in [0.25, 0.3) is 0 Å². The summed E-state index contributed by atoms with van der Waals surface area (Å²) >= 11 is 1.86. The van der Waals surface area contributed by atoms with Gasteiger partial charge >= 0.3 is 0 Å². The summed E-state index contributed by atoms with van der Waals surface area (Å²) in [5, 5.41) is 5.32. The van der Waals surface area contributed by atoms with Crippen LogP contribution in [-0.2, 0) is 4.74 Å². The number of amidine groups is 1. The normalized spacial score (nSPS) is 31.3. The van der Waals surface area contributed by atoms with Gasteiger partial charge in [-0.2, -0.15) is 0 Å². The molecule has 0 amide bonds. The second kappa shape index (κ2) is 4.11. The minimum Gasteiger partial charge on any atom is -0.381 e. The molecule has 0 bridgehead atoms. The van der Waals surface area contributed by atoms with Crippen molar-refractivity contribution in [3.63, 3.8) is 0 Å². The van der Waals surface area contributed by atoms with Crippen molar-refractivity contribution in [2.24, 2.45) is 4.99 Å². The van der Waals surface area contributed by atoms with Gasteiger partial charge in [-0.3, -0.25) is 4.99 Å². The first kappa shape index (κ1) is 10.3. The van der Waals surface area contributed by atoms with Gasteiger partial charge in [-0.05, 0) is 19.8 Å². The summed E-state index contributed by atoms with van der Waals surface area (Å²) in [4.78, 5) is 4.48. The van der Waals surface area contributed by atoms with Crippen LogP contribution in [0.2, 0.25) is 0 Å². The summed E-state index contributed by atoms with van der Waals surface area (Å²) in [5.41, 5.74) is 0.203. The molecule has 0 aromatic carbocycles. The Kier molecular flexibility index (Phi) is 3.02. The lowest BCUT2D eigenvalue weighted by atomic mass is 9.93. The molecule has 1 fully saturated rings. The lowest BCUT2D eigenvalue weighted by Crippen LogP contribution is -2.48. The van der Waals surface area contributed by atoms with Gasteiger partial charge in [0.15, 0.2) is 5.17 Å². The van der Waals surface area contributed by atoms with Gasteiger partial charge in [-0.1, -0.05) is 18.7 Å². The smallest absolute Gasteiger partial charge is 0.157 e. The van der Waals surface area contributed by atoms with Gasteiger partial charge in [0.1, 0.15) is 0 Å². The average molecular weight is 214 g/mol. The Morgan fingerprint density at radius 1 is 1.50 bits per heavy atom. The fourth-order valence-electron chi connectivity index (χ4n) is 1.75. The molecule has 2 aliphatic rings. The van der Waals surface area contributed by atoms with Gasteiger partial charge in [-0.15, -0.1) is 0 Å². The maximum absolute atomic E-state index is 5.36. The number of hydrogen-bond donors (Lipinski definition) is 1. The Hall–Kier alpha value is -0.220. The first-order valence-corrected chi connectivity index (χ1v) is 6.13. The Morgan fingerprint density at radius 2 is 2.21 bits per heavy atom. The molecule has 2 heterocycles. The van der Waals surface area contributed by atoms with Crippen molar-refractivity contribution in [1.82, 2.24) is 5.32 Å². The fraction of sp³-hybridized carbons (Fsp3) is 0.900. The van der Waals surface area contributed by atoms with E-state index in [1.54, 1.807) is 0 Å². The molecular weight excluding hydrogens is 196 g/mol. The van der Waals surface area contributed by atoms with Crippen molar-refractivity contribution in [1.29, 1.82) is 0 Å². The van der Waals surface area contributed by atoms with E-state index < -0.39 is 0 Å². The monoisotopic (exact) mass is 214 g/mol. The van der Waals surface area contributed by atoms with E-state index >= 15 is 0 Å². The Balaban J connectivity index is 1.89. The minimum absolute atomic E-state index is 0.203. The van der Waals surface area contributed by atoms with Crippen molar-refractivity contribution < 1.29 is 4.74 Å². The maximum atomic E-state index is 5.36. The van der Waals surface area contributed by atoms with Gasteiger partial charge in [-0.25, -0.2) is 0 Å². The highest BCUT2D eigenvalue weighted by Gasteiger charge is 2.29. The van der Waals surface area contributed by atoms with E-state index in [4.69, 9.17) is 4.74 Å². The molecule has 2 aliphatic heterocycles. The molecule has 0 aromatic rings. The van der Waals surface area contributed by atoms with E-state index in [-0.39, 0.29) is 5.54 Å². The van der Waals surface area contributed by atoms with Crippen molar-refractivity contribution in [2.75, 3.05) is 19.8 Å². The van der Waals surface area contributed by atoms with Crippen LogP contribution in [0.5, 0.6) is 0 Å². The number of ether oxygens (including phenoxy) is 1. The van der Waals surface area contributed by atoms with Crippen molar-refractivity contribution >= 4 is 16.9 Å². The van der Waals surface area contributed by atoms with Gasteiger partial charge in [0.2, 0.25) is 0 Å². The fourth-order valence-corrected chi connectivity index (χ4v) is 2.74. The molecule has 80 valence electrons. The van der Waals surface area contributed by atoms with Crippen molar-refractivity contribution in [3.8, 4) is 0 Å². The van der Waals surface area contributed by atoms with Crippen LogP contribution in [0, 0.1) is 0 Å². The molecule has 14 heavy (non-hydrogen) atoms. The van der Waals surface area contributed by atoms with Crippen LogP contribution in [0.4, 0.5) is 0 Å². The molecule has 0 aromatic heterocycles. The predicted molar refractivity (Wildman–Crippen MR) is 60.9 cm³/mol. The van der Waals surface area contributed by atoms with Crippen LogP contribution < -0.4 is 5.32 Å². The first-order valence-electron chi connectivity index (χ1n) is 5.25. The van der Waals surface area contributed by atoms with Gasteiger partial charge < -0.3 is 10.1 Å². The largest absolute Gasteiger partial charge is 0.381 e. The zero-order valence-electron chi connectivity index (χ0n) is 8.88. The molecule has 0 aliphatic carbocycles. The van der Waals surface area contributed by atoms with E-state index in [9.17, 15) is 0 Å². The van der Waals surface area contributed by atoms with Gasteiger partial charge in [0.05, 0.1) is 6.54 Å². The summed E-state index contributed by atoms with van der Waals surface area (Å²) in [6, 6.07) is 0. The zero-order chi connectivity index (χ0) is 10.0.